The van der Waals surface area contributed by atoms with E-state index >= 15 is 0 Å². The third-order valence-corrected chi connectivity index (χ3v) is 6.53. The number of aliphatic hydroxyl groups excluding tert-OH is 1. The van der Waals surface area contributed by atoms with E-state index in [1.165, 1.54) is 5.56 Å². The molecular formula is C30H44N4O4. The van der Waals surface area contributed by atoms with Gasteiger partial charge < -0.3 is 20.5 Å². The number of hydrogen-bond donors (Lipinski definition) is 3. The lowest BCUT2D eigenvalue weighted by Gasteiger charge is -2.34. The maximum atomic E-state index is 13.4. The lowest BCUT2D eigenvalue weighted by molar-refractivity contribution is -0.127. The molecule has 38 heavy (non-hydrogen) atoms. The van der Waals surface area contributed by atoms with E-state index < -0.39 is 30.0 Å². The molecule has 1 aromatic heterocycles. The van der Waals surface area contributed by atoms with Gasteiger partial charge in [-0.25, -0.2) is 4.79 Å². The number of aliphatic hydroxyl groups is 1. The molecule has 208 valence electrons. The van der Waals surface area contributed by atoms with Crippen molar-refractivity contribution >= 4 is 12.0 Å². The van der Waals surface area contributed by atoms with Crippen LogP contribution in [0.15, 0.2) is 48.7 Å². The molecule has 8 nitrogen and oxygen atoms in total. The van der Waals surface area contributed by atoms with Gasteiger partial charge in [-0.3, -0.25) is 14.7 Å². The van der Waals surface area contributed by atoms with Crippen LogP contribution >= 0.6 is 0 Å². The average Bonchev–Trinajstić information content (AvgIpc) is 3.02. The number of rotatable bonds is 9. The number of ether oxygens (including phenoxy) is 1. The van der Waals surface area contributed by atoms with Crippen molar-refractivity contribution < 1.29 is 19.4 Å². The Bertz CT molecular complexity index is 1040. The molecule has 0 spiro atoms. The normalized spacial score (nSPS) is 19.4. The standard InChI is InChI=1S/C30H44N4O4/c1-21(2)19-25(32-29(37)38-30(3,4)5)28(36)33-27-26(35)14-7-9-17-34(27)18-15-22-11-10-12-23(20-22)24-13-6-8-16-31-24/h6,8,10-13,16,20-21,25-27,35H,7,9,14-15,17-19H2,1-5H3,(H,32,37)(H,33,36)/t25?,26-,27?/m0/s1. The minimum absolute atomic E-state index is 0.183. The third kappa shape index (κ3) is 9.40. The summed E-state index contributed by atoms with van der Waals surface area (Å²) in [6.45, 7) is 10.8. The Morgan fingerprint density at radius 2 is 1.95 bits per heavy atom. The topological polar surface area (TPSA) is 104 Å². The quantitative estimate of drug-likeness (QED) is 0.446. The second-order valence-electron chi connectivity index (χ2n) is 11.5. The van der Waals surface area contributed by atoms with Crippen molar-refractivity contribution in [2.45, 2.75) is 90.6 Å². The highest BCUT2D eigenvalue weighted by atomic mass is 16.6. The number of nitrogens with zero attached hydrogens (tertiary/aromatic N) is 2. The minimum Gasteiger partial charge on any atom is -0.444 e. The summed E-state index contributed by atoms with van der Waals surface area (Å²) in [7, 11) is 0. The molecule has 3 atom stereocenters. The first-order valence-corrected chi connectivity index (χ1v) is 13.7. The van der Waals surface area contributed by atoms with Gasteiger partial charge in [0.25, 0.3) is 0 Å². The second-order valence-corrected chi connectivity index (χ2v) is 11.5. The highest BCUT2D eigenvalue weighted by Gasteiger charge is 2.33. The monoisotopic (exact) mass is 524 g/mol. The van der Waals surface area contributed by atoms with Crippen LogP contribution in [0.2, 0.25) is 0 Å². The number of benzene rings is 1. The average molecular weight is 525 g/mol. The van der Waals surface area contributed by atoms with E-state index in [1.807, 2.05) is 38.1 Å². The van der Waals surface area contributed by atoms with Crippen LogP contribution in [-0.2, 0) is 16.0 Å². The molecule has 0 aliphatic carbocycles. The van der Waals surface area contributed by atoms with E-state index in [2.05, 4.69) is 38.7 Å². The largest absolute Gasteiger partial charge is 0.444 e. The predicted octanol–water partition coefficient (Wildman–Crippen LogP) is 4.52. The molecule has 2 aromatic rings. The molecule has 0 radical (unpaired) electrons. The summed E-state index contributed by atoms with van der Waals surface area (Å²) >= 11 is 0. The summed E-state index contributed by atoms with van der Waals surface area (Å²) < 4.78 is 5.39. The summed E-state index contributed by atoms with van der Waals surface area (Å²) in [5, 5.41) is 16.8. The van der Waals surface area contributed by atoms with Crippen molar-refractivity contribution in [2.24, 2.45) is 5.92 Å². The van der Waals surface area contributed by atoms with E-state index in [0.29, 0.717) is 19.4 Å². The number of amides is 2. The molecular weight excluding hydrogens is 480 g/mol. The second kappa shape index (κ2) is 13.7. The predicted molar refractivity (Wildman–Crippen MR) is 149 cm³/mol. The summed E-state index contributed by atoms with van der Waals surface area (Å²) in [6.07, 6.45) is 3.64. The molecule has 0 saturated carbocycles. The van der Waals surface area contributed by atoms with E-state index in [4.69, 9.17) is 4.74 Å². The van der Waals surface area contributed by atoms with Crippen LogP contribution in [0.3, 0.4) is 0 Å². The first-order chi connectivity index (χ1) is 18.0. The van der Waals surface area contributed by atoms with Crippen molar-refractivity contribution in [3.8, 4) is 11.3 Å². The molecule has 1 fully saturated rings. The van der Waals surface area contributed by atoms with Crippen LogP contribution in [0.1, 0.15) is 65.9 Å². The van der Waals surface area contributed by atoms with Crippen LogP contribution in [-0.4, -0.2) is 64.0 Å². The van der Waals surface area contributed by atoms with Gasteiger partial charge in [0, 0.05) is 24.8 Å². The van der Waals surface area contributed by atoms with Crippen LogP contribution in [0.25, 0.3) is 11.3 Å². The Morgan fingerprint density at radius 1 is 1.16 bits per heavy atom. The molecule has 0 bridgehead atoms. The molecule has 2 heterocycles. The Balaban J connectivity index is 1.70. The van der Waals surface area contributed by atoms with Crippen molar-refractivity contribution in [3.05, 3.63) is 54.2 Å². The van der Waals surface area contributed by atoms with Crippen LogP contribution in [0, 0.1) is 5.92 Å². The van der Waals surface area contributed by atoms with Crippen molar-refractivity contribution in [1.82, 2.24) is 20.5 Å². The van der Waals surface area contributed by atoms with Crippen LogP contribution < -0.4 is 10.6 Å². The van der Waals surface area contributed by atoms with Crippen molar-refractivity contribution in [2.75, 3.05) is 13.1 Å². The van der Waals surface area contributed by atoms with E-state index in [0.717, 1.165) is 37.1 Å². The number of carbonyl (C=O) groups excluding carboxylic acids is 2. The van der Waals surface area contributed by atoms with Crippen molar-refractivity contribution in [3.63, 3.8) is 0 Å². The van der Waals surface area contributed by atoms with Gasteiger partial charge in [0.1, 0.15) is 17.8 Å². The first kappa shape index (κ1) is 29.6. The first-order valence-electron chi connectivity index (χ1n) is 13.7. The number of alkyl carbamates (subject to hydrolysis) is 1. The number of likely N-dealkylation sites (tertiary alicyclic amines) is 1. The number of pyridine rings is 1. The summed E-state index contributed by atoms with van der Waals surface area (Å²) in [5.41, 5.74) is 2.50. The summed E-state index contributed by atoms with van der Waals surface area (Å²) in [5.74, 6) is -0.125. The summed E-state index contributed by atoms with van der Waals surface area (Å²) in [6, 6.07) is 13.5. The molecule has 1 aromatic carbocycles. The van der Waals surface area contributed by atoms with E-state index in [-0.39, 0.29) is 11.8 Å². The minimum atomic E-state index is -0.753. The van der Waals surface area contributed by atoms with Gasteiger partial charge in [-0.1, -0.05) is 38.1 Å². The molecule has 1 saturated heterocycles. The third-order valence-electron chi connectivity index (χ3n) is 6.53. The van der Waals surface area contributed by atoms with E-state index in [9.17, 15) is 14.7 Å². The van der Waals surface area contributed by atoms with Gasteiger partial charge in [-0.05, 0) is 82.6 Å². The van der Waals surface area contributed by atoms with Gasteiger partial charge in [0.05, 0.1) is 11.8 Å². The fourth-order valence-electron chi connectivity index (χ4n) is 4.74. The number of nitrogens with one attached hydrogen (secondary N) is 2. The van der Waals surface area contributed by atoms with Crippen LogP contribution in [0.5, 0.6) is 0 Å². The molecule has 8 heteroatoms. The lowest BCUT2D eigenvalue weighted by Crippen LogP contribution is -2.59. The zero-order chi connectivity index (χ0) is 27.7. The van der Waals surface area contributed by atoms with Crippen LogP contribution in [0.4, 0.5) is 4.79 Å². The van der Waals surface area contributed by atoms with Gasteiger partial charge in [-0.15, -0.1) is 0 Å². The fourth-order valence-corrected chi connectivity index (χ4v) is 4.74. The Morgan fingerprint density at radius 3 is 2.63 bits per heavy atom. The molecule has 1 aliphatic heterocycles. The van der Waals surface area contributed by atoms with E-state index in [1.54, 1.807) is 27.0 Å². The SMILES string of the molecule is CC(C)CC(NC(=O)OC(C)(C)C)C(=O)NC1[C@@H](O)CCCCN1CCc1cccc(-c2ccccn2)c1. The number of carbonyl (C=O) groups is 2. The Labute approximate surface area is 227 Å². The maximum Gasteiger partial charge on any atom is 0.408 e. The zero-order valence-corrected chi connectivity index (χ0v) is 23.4. The smallest absolute Gasteiger partial charge is 0.408 e. The molecule has 3 N–H and O–H groups in total. The number of hydrogen-bond acceptors (Lipinski definition) is 6. The molecule has 1 aliphatic rings. The molecule has 3 rings (SSSR count). The van der Waals surface area contributed by atoms with Gasteiger partial charge in [0.15, 0.2) is 0 Å². The van der Waals surface area contributed by atoms with Crippen molar-refractivity contribution in [1.29, 1.82) is 0 Å². The van der Waals surface area contributed by atoms with Gasteiger partial charge in [-0.2, -0.15) is 0 Å². The summed E-state index contributed by atoms with van der Waals surface area (Å²) in [4.78, 5) is 32.5. The highest BCUT2D eigenvalue weighted by molar-refractivity contribution is 5.85. The highest BCUT2D eigenvalue weighted by Crippen LogP contribution is 2.21. The zero-order valence-electron chi connectivity index (χ0n) is 23.4. The lowest BCUT2D eigenvalue weighted by atomic mass is 10.0. The Hall–Kier alpha value is -2.97. The van der Waals surface area contributed by atoms with Gasteiger partial charge in [0.2, 0.25) is 5.91 Å². The maximum absolute atomic E-state index is 13.4. The van der Waals surface area contributed by atoms with Gasteiger partial charge >= 0.3 is 6.09 Å². The molecule has 2 unspecified atom stereocenters. The molecule has 2 amide bonds. The number of aromatic nitrogens is 1. The fraction of sp³-hybridized carbons (Fsp3) is 0.567. The Kier molecular flexibility index (Phi) is 10.7.